The molecule has 1 aliphatic heterocycles. The molecular weight excluding hydrogens is 348 g/mol. The Morgan fingerprint density at radius 3 is 2.70 bits per heavy atom. The highest BCUT2D eigenvalue weighted by Gasteiger charge is 2.38. The molecule has 3 heterocycles. The van der Waals surface area contributed by atoms with E-state index in [-0.39, 0.29) is 23.9 Å². The number of fused-ring (bicyclic) bond motifs is 1. The lowest BCUT2D eigenvalue weighted by Crippen LogP contribution is -2.55. The normalized spacial score (nSPS) is 20.0. The van der Waals surface area contributed by atoms with E-state index in [4.69, 9.17) is 9.15 Å². The molecular formula is C19H18N4O4. The fourth-order valence-electron chi connectivity index (χ4n) is 3.33. The molecule has 0 radical (unpaired) electrons. The summed E-state index contributed by atoms with van der Waals surface area (Å²) in [4.78, 5) is 34.0. The lowest BCUT2D eigenvalue weighted by molar-refractivity contribution is -0.127. The molecule has 0 aliphatic carbocycles. The molecule has 1 fully saturated rings. The molecule has 27 heavy (non-hydrogen) atoms. The van der Waals surface area contributed by atoms with Gasteiger partial charge in [0.05, 0.1) is 18.2 Å². The smallest absolute Gasteiger partial charge is 0.324 e. The zero-order valence-electron chi connectivity index (χ0n) is 14.9. The summed E-state index contributed by atoms with van der Waals surface area (Å²) < 4.78 is 11.1. The molecule has 2 atom stereocenters. The minimum atomic E-state index is -0.366. The van der Waals surface area contributed by atoms with Crippen LogP contribution in [0, 0.1) is 5.92 Å². The quantitative estimate of drug-likeness (QED) is 0.761. The maximum atomic E-state index is 12.1. The van der Waals surface area contributed by atoms with Crippen molar-refractivity contribution in [1.29, 1.82) is 0 Å². The van der Waals surface area contributed by atoms with Crippen LogP contribution >= 0.6 is 0 Å². The fraction of sp³-hybridized carbons (Fsp3) is 0.263. The van der Waals surface area contributed by atoms with Crippen molar-refractivity contribution in [1.82, 2.24) is 20.2 Å². The van der Waals surface area contributed by atoms with Crippen LogP contribution in [0.3, 0.4) is 0 Å². The molecule has 2 aromatic heterocycles. The first kappa shape index (κ1) is 17.0. The van der Waals surface area contributed by atoms with E-state index in [2.05, 4.69) is 15.3 Å². The van der Waals surface area contributed by atoms with Crippen molar-refractivity contribution in [2.24, 2.45) is 5.92 Å². The lowest BCUT2D eigenvalue weighted by Gasteiger charge is -2.38. The number of nitrogens with one attached hydrogen (secondary N) is 1. The Morgan fingerprint density at radius 1 is 1.19 bits per heavy atom. The van der Waals surface area contributed by atoms with Gasteiger partial charge in [-0.2, -0.15) is 0 Å². The second kappa shape index (κ2) is 6.71. The van der Waals surface area contributed by atoms with Crippen LogP contribution in [0.25, 0.3) is 11.1 Å². The molecule has 4 rings (SSSR count). The van der Waals surface area contributed by atoms with Crippen molar-refractivity contribution in [3.63, 3.8) is 0 Å². The molecule has 3 amide bonds. The summed E-state index contributed by atoms with van der Waals surface area (Å²) >= 11 is 0. The number of furan rings is 1. The zero-order valence-corrected chi connectivity index (χ0v) is 14.9. The van der Waals surface area contributed by atoms with Gasteiger partial charge in [0.2, 0.25) is 17.5 Å². The van der Waals surface area contributed by atoms with E-state index in [0.29, 0.717) is 29.3 Å². The average Bonchev–Trinajstić information content (AvgIpc) is 3.15. The fourth-order valence-corrected chi connectivity index (χ4v) is 3.33. The summed E-state index contributed by atoms with van der Waals surface area (Å²) in [6.07, 6.45) is 2.91. The Morgan fingerprint density at radius 2 is 1.96 bits per heavy atom. The van der Waals surface area contributed by atoms with Crippen molar-refractivity contribution in [3.8, 4) is 11.6 Å². The Hall–Kier alpha value is -3.42. The van der Waals surface area contributed by atoms with E-state index in [1.165, 1.54) is 12.6 Å². The number of hydrogen-bond donors (Lipinski definition) is 1. The van der Waals surface area contributed by atoms with Gasteiger partial charge >= 0.3 is 6.03 Å². The van der Waals surface area contributed by atoms with E-state index in [0.717, 1.165) is 5.56 Å². The predicted molar refractivity (Wildman–Crippen MR) is 96.1 cm³/mol. The first-order valence-corrected chi connectivity index (χ1v) is 8.66. The SMILES string of the molecule is CCN1C(=O)NC(=O)C(C)C1c1ccc(Oc2ncnc3occc23)cc1. The van der Waals surface area contributed by atoms with Crippen molar-refractivity contribution >= 4 is 23.0 Å². The van der Waals surface area contributed by atoms with Gasteiger partial charge in [-0.05, 0) is 30.7 Å². The molecule has 138 valence electrons. The van der Waals surface area contributed by atoms with Gasteiger partial charge in [-0.15, -0.1) is 0 Å². The van der Waals surface area contributed by atoms with Gasteiger partial charge in [0.15, 0.2) is 0 Å². The molecule has 1 N–H and O–H groups in total. The standard InChI is InChI=1S/C19H18N4O4/c1-3-23-15(11(2)16(24)22-19(23)25)12-4-6-13(7-5-12)27-18-14-8-9-26-17(14)20-10-21-18/h4-11,15H,3H2,1-2H3,(H,22,24,25). The van der Waals surface area contributed by atoms with Crippen LogP contribution in [0.1, 0.15) is 25.5 Å². The molecule has 3 aromatic rings. The first-order chi connectivity index (χ1) is 13.1. The van der Waals surface area contributed by atoms with Crippen molar-refractivity contribution in [2.45, 2.75) is 19.9 Å². The predicted octanol–water partition coefficient (Wildman–Crippen LogP) is 3.26. The first-order valence-electron chi connectivity index (χ1n) is 8.66. The zero-order chi connectivity index (χ0) is 19.0. The van der Waals surface area contributed by atoms with Gasteiger partial charge in [0, 0.05) is 6.54 Å². The monoisotopic (exact) mass is 366 g/mol. The van der Waals surface area contributed by atoms with E-state index < -0.39 is 0 Å². The van der Waals surface area contributed by atoms with E-state index in [1.54, 1.807) is 23.1 Å². The highest BCUT2D eigenvalue weighted by atomic mass is 16.5. The number of nitrogens with zero attached hydrogens (tertiary/aromatic N) is 3. The Balaban J connectivity index is 1.60. The third kappa shape index (κ3) is 2.99. The molecule has 1 aliphatic rings. The Kier molecular flexibility index (Phi) is 4.23. The van der Waals surface area contributed by atoms with Crippen molar-refractivity contribution in [3.05, 3.63) is 48.5 Å². The number of carbonyl (C=O) groups is 2. The second-order valence-corrected chi connectivity index (χ2v) is 6.30. The number of urea groups is 1. The molecule has 2 unspecified atom stereocenters. The second-order valence-electron chi connectivity index (χ2n) is 6.30. The Labute approximate surface area is 155 Å². The Bertz CT molecular complexity index is 998. The molecule has 0 spiro atoms. The maximum Gasteiger partial charge on any atom is 0.324 e. The summed E-state index contributed by atoms with van der Waals surface area (Å²) in [5, 5.41) is 3.07. The van der Waals surface area contributed by atoms with Crippen LogP contribution < -0.4 is 10.1 Å². The maximum absolute atomic E-state index is 12.1. The van der Waals surface area contributed by atoms with Crippen LogP contribution in [0.4, 0.5) is 4.79 Å². The lowest BCUT2D eigenvalue weighted by atomic mass is 9.90. The molecule has 1 saturated heterocycles. The van der Waals surface area contributed by atoms with Gasteiger partial charge in [-0.1, -0.05) is 19.1 Å². The van der Waals surface area contributed by atoms with Gasteiger partial charge in [-0.3, -0.25) is 10.1 Å². The molecule has 0 bridgehead atoms. The summed E-state index contributed by atoms with van der Waals surface area (Å²) in [5.41, 5.74) is 1.33. The number of amides is 3. The van der Waals surface area contributed by atoms with E-state index in [9.17, 15) is 9.59 Å². The third-order valence-corrected chi connectivity index (χ3v) is 4.72. The largest absolute Gasteiger partial charge is 0.446 e. The van der Waals surface area contributed by atoms with E-state index >= 15 is 0 Å². The number of rotatable bonds is 4. The van der Waals surface area contributed by atoms with Crippen molar-refractivity contribution in [2.75, 3.05) is 6.54 Å². The minimum Gasteiger partial charge on any atom is -0.446 e. The summed E-state index contributed by atoms with van der Waals surface area (Å²) in [6.45, 7) is 4.21. The highest BCUT2D eigenvalue weighted by molar-refractivity contribution is 5.98. The number of imide groups is 1. The van der Waals surface area contributed by atoms with Crippen LogP contribution in [0.2, 0.25) is 0 Å². The van der Waals surface area contributed by atoms with Gasteiger partial charge < -0.3 is 14.1 Å². The van der Waals surface area contributed by atoms with Crippen LogP contribution in [0.15, 0.2) is 47.3 Å². The summed E-state index contributed by atoms with van der Waals surface area (Å²) in [6, 6.07) is 8.37. The van der Waals surface area contributed by atoms with E-state index in [1.807, 2.05) is 26.0 Å². The van der Waals surface area contributed by atoms with Gasteiger partial charge in [-0.25, -0.2) is 14.8 Å². The number of hydrogen-bond acceptors (Lipinski definition) is 6. The number of benzene rings is 1. The number of ether oxygens (including phenoxy) is 1. The molecule has 8 heteroatoms. The summed E-state index contributed by atoms with van der Waals surface area (Å²) in [5.74, 6) is 0.375. The van der Waals surface area contributed by atoms with Gasteiger partial charge in [0.1, 0.15) is 17.5 Å². The third-order valence-electron chi connectivity index (χ3n) is 4.72. The highest BCUT2D eigenvalue weighted by Crippen LogP contribution is 2.34. The van der Waals surface area contributed by atoms with Crippen LogP contribution in [-0.2, 0) is 4.79 Å². The number of carbonyl (C=O) groups excluding carboxylic acids is 2. The van der Waals surface area contributed by atoms with Crippen LogP contribution in [-0.4, -0.2) is 33.4 Å². The molecule has 0 saturated carbocycles. The summed E-state index contributed by atoms with van der Waals surface area (Å²) in [7, 11) is 0. The number of aromatic nitrogens is 2. The van der Waals surface area contributed by atoms with Crippen molar-refractivity contribution < 1.29 is 18.7 Å². The van der Waals surface area contributed by atoms with Gasteiger partial charge in [0.25, 0.3) is 0 Å². The minimum absolute atomic E-state index is 0.265. The topological polar surface area (TPSA) is 97.6 Å². The molecule has 8 nitrogen and oxygen atoms in total. The van der Waals surface area contributed by atoms with Crippen LogP contribution in [0.5, 0.6) is 11.6 Å². The molecule has 1 aromatic carbocycles. The average molecular weight is 366 g/mol.